The van der Waals surface area contributed by atoms with E-state index < -0.39 is 0 Å². The van der Waals surface area contributed by atoms with E-state index in [0.717, 1.165) is 31.6 Å². The van der Waals surface area contributed by atoms with Crippen LogP contribution in [0.25, 0.3) is 0 Å². The van der Waals surface area contributed by atoms with Gasteiger partial charge in [0.25, 0.3) is 0 Å². The van der Waals surface area contributed by atoms with Crippen LogP contribution in [0.2, 0.25) is 0 Å². The molecule has 0 saturated heterocycles. The minimum Gasteiger partial charge on any atom is -0.393 e. The third-order valence-electron chi connectivity index (χ3n) is 4.68. The second-order valence-corrected chi connectivity index (χ2v) is 6.52. The van der Waals surface area contributed by atoms with Crippen LogP contribution in [0.15, 0.2) is 0 Å². The number of aliphatic hydroxyl groups excluding tert-OH is 1. The summed E-state index contributed by atoms with van der Waals surface area (Å²) in [4.78, 5) is 0. The van der Waals surface area contributed by atoms with Crippen LogP contribution in [-0.4, -0.2) is 29.5 Å². The Morgan fingerprint density at radius 3 is 1.78 bits per heavy atom. The molecule has 0 amide bonds. The molecule has 0 aliphatic heterocycles. The largest absolute Gasteiger partial charge is 0.393 e. The van der Waals surface area contributed by atoms with Crippen LogP contribution in [0, 0.1) is 5.92 Å². The van der Waals surface area contributed by atoms with Gasteiger partial charge in [-0.2, -0.15) is 0 Å². The molecular formula is C15H30N2O. The zero-order chi connectivity index (χ0) is 13.0. The predicted molar refractivity (Wildman–Crippen MR) is 75.4 cm³/mol. The molecule has 2 saturated carbocycles. The molecule has 3 nitrogen and oxygen atoms in total. The van der Waals surface area contributed by atoms with Gasteiger partial charge in [0.1, 0.15) is 0 Å². The minimum absolute atomic E-state index is 0.0499. The van der Waals surface area contributed by atoms with Gasteiger partial charge < -0.3 is 5.11 Å². The Hall–Kier alpha value is -0.120. The molecule has 2 aliphatic rings. The third-order valence-corrected chi connectivity index (χ3v) is 4.68. The Balaban J connectivity index is 1.64. The highest BCUT2D eigenvalue weighted by atomic mass is 16.3. The molecule has 0 bridgehead atoms. The maximum Gasteiger partial charge on any atom is 0.0546 e. The van der Waals surface area contributed by atoms with Gasteiger partial charge in [-0.25, -0.2) is 0 Å². The summed E-state index contributed by atoms with van der Waals surface area (Å²) in [6, 6.07) is 1.30. The summed E-state index contributed by atoms with van der Waals surface area (Å²) in [6.07, 6.45) is 9.93. The second-order valence-electron chi connectivity index (χ2n) is 6.52. The van der Waals surface area contributed by atoms with Gasteiger partial charge in [0, 0.05) is 12.1 Å². The van der Waals surface area contributed by atoms with Crippen molar-refractivity contribution in [1.29, 1.82) is 0 Å². The third kappa shape index (κ3) is 4.52. The molecule has 0 aromatic heterocycles. The van der Waals surface area contributed by atoms with E-state index in [4.69, 9.17) is 0 Å². The number of hydrogen-bond donors (Lipinski definition) is 3. The van der Waals surface area contributed by atoms with Crippen LogP contribution in [0.5, 0.6) is 0 Å². The van der Waals surface area contributed by atoms with Gasteiger partial charge in [-0.05, 0) is 64.2 Å². The predicted octanol–water partition coefficient (Wildman–Crippen LogP) is 2.39. The Morgan fingerprint density at radius 2 is 1.28 bits per heavy atom. The summed E-state index contributed by atoms with van der Waals surface area (Å²) in [5, 5.41) is 16.9. The first-order valence-electron chi connectivity index (χ1n) is 7.83. The van der Waals surface area contributed by atoms with Crippen molar-refractivity contribution in [3.8, 4) is 0 Å². The Bertz CT molecular complexity index is 207. The minimum atomic E-state index is -0.0499. The van der Waals surface area contributed by atoms with Gasteiger partial charge in [-0.1, -0.05) is 6.92 Å². The average molecular weight is 254 g/mol. The molecule has 0 spiro atoms. The van der Waals surface area contributed by atoms with Crippen molar-refractivity contribution in [3.05, 3.63) is 0 Å². The molecule has 2 rings (SSSR count). The summed E-state index contributed by atoms with van der Waals surface area (Å²) >= 11 is 0. The van der Waals surface area contributed by atoms with E-state index in [1.807, 2.05) is 0 Å². The van der Waals surface area contributed by atoms with Crippen LogP contribution in [0.1, 0.15) is 65.2 Å². The zero-order valence-corrected chi connectivity index (χ0v) is 12.0. The normalized spacial score (nSPS) is 39.5. The fourth-order valence-corrected chi connectivity index (χ4v) is 3.42. The molecular weight excluding hydrogens is 224 g/mol. The maximum absolute atomic E-state index is 9.50. The van der Waals surface area contributed by atoms with Gasteiger partial charge in [0.2, 0.25) is 0 Å². The summed E-state index contributed by atoms with van der Waals surface area (Å²) in [6.45, 7) is 4.61. The van der Waals surface area contributed by atoms with E-state index in [2.05, 4.69) is 24.5 Å². The highest BCUT2D eigenvalue weighted by Gasteiger charge is 2.23. The molecule has 0 radical (unpaired) electrons. The smallest absolute Gasteiger partial charge is 0.0546 e. The summed E-state index contributed by atoms with van der Waals surface area (Å²) in [7, 11) is 0. The number of aliphatic hydroxyl groups is 1. The Kier molecular flexibility index (Phi) is 5.46. The van der Waals surface area contributed by atoms with Crippen molar-refractivity contribution in [1.82, 2.24) is 10.6 Å². The summed E-state index contributed by atoms with van der Waals surface area (Å²) in [5.41, 5.74) is 0. The van der Waals surface area contributed by atoms with E-state index in [9.17, 15) is 5.11 Å². The molecule has 1 atom stereocenters. The van der Waals surface area contributed by atoms with E-state index >= 15 is 0 Å². The van der Waals surface area contributed by atoms with Crippen molar-refractivity contribution < 1.29 is 5.11 Å². The molecule has 1 unspecified atom stereocenters. The molecule has 106 valence electrons. The van der Waals surface area contributed by atoms with Crippen molar-refractivity contribution in [2.75, 3.05) is 0 Å². The lowest BCUT2D eigenvalue weighted by Crippen LogP contribution is -2.51. The van der Waals surface area contributed by atoms with E-state index in [0.29, 0.717) is 18.2 Å². The van der Waals surface area contributed by atoms with Crippen molar-refractivity contribution >= 4 is 0 Å². The lowest BCUT2D eigenvalue weighted by molar-refractivity contribution is 0.112. The lowest BCUT2D eigenvalue weighted by Gasteiger charge is -2.33. The van der Waals surface area contributed by atoms with Crippen LogP contribution < -0.4 is 10.6 Å². The van der Waals surface area contributed by atoms with E-state index in [1.165, 1.54) is 25.7 Å². The van der Waals surface area contributed by atoms with Crippen molar-refractivity contribution in [2.24, 2.45) is 5.92 Å². The van der Waals surface area contributed by atoms with Gasteiger partial charge in [-0.15, -0.1) is 0 Å². The standard InChI is InChI=1S/C15H30N2O/c1-11-3-5-13(6-4-11)16-12(2)17-14-7-9-15(18)10-8-14/h11-18H,3-10H2,1-2H3. The highest BCUT2D eigenvalue weighted by Crippen LogP contribution is 2.24. The molecule has 2 aliphatic carbocycles. The zero-order valence-electron chi connectivity index (χ0n) is 12.0. The molecule has 18 heavy (non-hydrogen) atoms. The fraction of sp³-hybridized carbons (Fsp3) is 1.00. The number of nitrogens with one attached hydrogen (secondary N) is 2. The summed E-state index contributed by atoms with van der Waals surface area (Å²) in [5.74, 6) is 0.922. The average Bonchev–Trinajstić information content (AvgIpc) is 2.35. The number of hydrogen-bond acceptors (Lipinski definition) is 3. The molecule has 2 fully saturated rings. The lowest BCUT2D eigenvalue weighted by atomic mass is 9.87. The van der Waals surface area contributed by atoms with Gasteiger partial charge in [0.15, 0.2) is 0 Å². The summed E-state index contributed by atoms with van der Waals surface area (Å²) < 4.78 is 0. The Labute approximate surface area is 112 Å². The Morgan fingerprint density at radius 1 is 0.833 bits per heavy atom. The monoisotopic (exact) mass is 254 g/mol. The van der Waals surface area contributed by atoms with Crippen molar-refractivity contribution in [2.45, 2.75) is 89.6 Å². The van der Waals surface area contributed by atoms with E-state index in [-0.39, 0.29) is 6.10 Å². The van der Waals surface area contributed by atoms with Crippen LogP contribution in [-0.2, 0) is 0 Å². The fourth-order valence-electron chi connectivity index (χ4n) is 3.42. The van der Waals surface area contributed by atoms with E-state index in [1.54, 1.807) is 0 Å². The maximum atomic E-state index is 9.50. The molecule has 3 N–H and O–H groups in total. The van der Waals surface area contributed by atoms with Crippen molar-refractivity contribution in [3.63, 3.8) is 0 Å². The molecule has 0 heterocycles. The SMILES string of the molecule is CC1CCC(NC(C)NC2CCC(O)CC2)CC1. The second kappa shape index (κ2) is 6.88. The molecule has 0 aromatic carbocycles. The van der Waals surface area contributed by atoms with Crippen LogP contribution in [0.3, 0.4) is 0 Å². The highest BCUT2D eigenvalue weighted by molar-refractivity contribution is 4.81. The van der Waals surface area contributed by atoms with Crippen LogP contribution >= 0.6 is 0 Å². The molecule has 3 heteroatoms. The number of rotatable bonds is 4. The first-order valence-corrected chi connectivity index (χ1v) is 7.83. The first kappa shape index (κ1) is 14.3. The first-order chi connectivity index (χ1) is 8.63. The van der Waals surface area contributed by atoms with Crippen LogP contribution in [0.4, 0.5) is 0 Å². The van der Waals surface area contributed by atoms with Gasteiger partial charge in [-0.3, -0.25) is 10.6 Å². The topological polar surface area (TPSA) is 44.3 Å². The quantitative estimate of drug-likeness (QED) is 0.675. The van der Waals surface area contributed by atoms with Gasteiger partial charge >= 0.3 is 0 Å². The molecule has 0 aromatic rings. The van der Waals surface area contributed by atoms with Gasteiger partial charge in [0.05, 0.1) is 12.3 Å².